The second-order valence-corrected chi connectivity index (χ2v) is 4.45. The predicted molar refractivity (Wildman–Crippen MR) is 89.4 cm³/mol. The normalized spacial score (nSPS) is 9.87. The summed E-state index contributed by atoms with van der Waals surface area (Å²) in [6, 6.07) is 5.26. The molecule has 0 spiro atoms. The maximum atomic E-state index is 9.00. The van der Waals surface area contributed by atoms with E-state index < -0.39 is 5.97 Å². The number of aliphatic carboxylic acids is 1. The van der Waals surface area contributed by atoms with Gasteiger partial charge in [0.1, 0.15) is 12.4 Å². The molecule has 0 unspecified atom stereocenters. The number of ether oxygens (including phenoxy) is 2. The first-order valence-electron chi connectivity index (χ1n) is 6.69. The molecule has 1 aromatic carbocycles. The average Bonchev–Trinajstić information content (AvgIpc) is 2.44. The van der Waals surface area contributed by atoms with E-state index in [4.69, 9.17) is 42.1 Å². The molecule has 0 saturated carbocycles. The Morgan fingerprint density at radius 1 is 1.52 bits per heavy atom. The van der Waals surface area contributed by atoms with Crippen LogP contribution in [0.4, 0.5) is 0 Å². The quantitative estimate of drug-likeness (QED) is 0.257. The van der Waals surface area contributed by atoms with Crippen molar-refractivity contribution in [1.82, 2.24) is 5.43 Å². The number of carboxylic acid groups (broad SMARTS) is 1. The molecule has 1 aromatic rings. The molecule has 0 heterocycles. The van der Waals surface area contributed by atoms with Crippen LogP contribution in [0.1, 0.15) is 19.4 Å². The van der Waals surface area contributed by atoms with Gasteiger partial charge in [-0.15, -0.1) is 0 Å². The summed E-state index contributed by atoms with van der Waals surface area (Å²) in [5.74, 6) is -0.462. The monoisotopic (exact) mass is 344 g/mol. The zero-order valence-electron chi connectivity index (χ0n) is 13.0. The zero-order valence-corrected chi connectivity index (χ0v) is 13.8. The van der Waals surface area contributed by atoms with Gasteiger partial charge in [-0.3, -0.25) is 10.2 Å². The summed E-state index contributed by atoms with van der Waals surface area (Å²) in [5.41, 5.74) is 8.18. The molecule has 23 heavy (non-hydrogen) atoms. The summed E-state index contributed by atoms with van der Waals surface area (Å²) in [4.78, 5) is 9.00. The van der Waals surface area contributed by atoms with Gasteiger partial charge in [0, 0.05) is 13.5 Å². The number of hydrazone groups is 1. The number of nitrogens with zero attached hydrogens (tertiary/aromatic N) is 1. The first-order chi connectivity index (χ1) is 10.9. The third kappa shape index (κ3) is 12.0. The van der Waals surface area contributed by atoms with Crippen LogP contribution in [0.25, 0.3) is 0 Å². The van der Waals surface area contributed by atoms with E-state index in [1.165, 1.54) is 6.21 Å². The fourth-order valence-electron chi connectivity index (χ4n) is 1.25. The Hall–Kier alpha value is -2.32. The van der Waals surface area contributed by atoms with Crippen LogP contribution in [0.5, 0.6) is 5.75 Å². The fourth-order valence-corrected chi connectivity index (χ4v) is 1.49. The third-order valence-electron chi connectivity index (χ3n) is 2.04. The van der Waals surface area contributed by atoms with Crippen molar-refractivity contribution in [1.29, 1.82) is 5.41 Å². The van der Waals surface area contributed by atoms with E-state index in [-0.39, 0.29) is 5.96 Å². The van der Waals surface area contributed by atoms with Crippen molar-refractivity contribution in [2.45, 2.75) is 13.8 Å². The van der Waals surface area contributed by atoms with Crippen molar-refractivity contribution in [2.24, 2.45) is 10.8 Å². The van der Waals surface area contributed by atoms with Crippen LogP contribution in [0.3, 0.4) is 0 Å². The summed E-state index contributed by atoms with van der Waals surface area (Å²) in [7, 11) is 0. The van der Waals surface area contributed by atoms with E-state index in [0.717, 1.165) is 12.5 Å². The maximum Gasteiger partial charge on any atom is 0.300 e. The Kier molecular flexibility index (Phi) is 11.0. The van der Waals surface area contributed by atoms with Crippen molar-refractivity contribution < 1.29 is 19.4 Å². The van der Waals surface area contributed by atoms with Gasteiger partial charge in [0.05, 0.1) is 17.8 Å². The van der Waals surface area contributed by atoms with E-state index in [1.807, 2.05) is 6.92 Å². The lowest BCUT2D eigenvalue weighted by Crippen LogP contribution is -2.25. The molecule has 0 radical (unpaired) electrons. The Morgan fingerprint density at radius 3 is 2.70 bits per heavy atom. The molecule has 0 fully saturated rings. The average molecular weight is 345 g/mol. The molecule has 1 rings (SSSR count). The largest absolute Gasteiger partial charge is 0.490 e. The molecule has 5 N–H and O–H groups in total. The van der Waals surface area contributed by atoms with E-state index in [1.54, 1.807) is 18.2 Å². The molecule has 0 saturated heterocycles. The molecular weight excluding hydrogens is 324 g/mol. The van der Waals surface area contributed by atoms with Crippen LogP contribution in [0.2, 0.25) is 5.02 Å². The van der Waals surface area contributed by atoms with Crippen LogP contribution in [0, 0.1) is 5.41 Å². The predicted octanol–water partition coefficient (Wildman–Crippen LogP) is 1.66. The standard InChI is InChI=1S/C12H17ClN4O2.C2H4O2/c1-2-18-5-6-19-11-4-3-9(7-10(11)13)8-16-17-12(14)15;1-2(3)4/h3-4,7-8H,2,5-6H2,1H3,(H4,14,15,17);1H3,(H,3,4). The maximum absolute atomic E-state index is 9.00. The van der Waals surface area contributed by atoms with E-state index in [2.05, 4.69) is 10.5 Å². The third-order valence-corrected chi connectivity index (χ3v) is 2.34. The number of guanidine groups is 1. The summed E-state index contributed by atoms with van der Waals surface area (Å²) in [5, 5.41) is 18.6. The van der Waals surface area contributed by atoms with Crippen molar-refractivity contribution in [2.75, 3.05) is 19.8 Å². The minimum absolute atomic E-state index is 0.224. The number of rotatable bonds is 7. The number of nitrogens with two attached hydrogens (primary N) is 1. The van der Waals surface area contributed by atoms with Gasteiger partial charge < -0.3 is 20.3 Å². The highest BCUT2D eigenvalue weighted by Gasteiger charge is 2.02. The molecular formula is C14H21ClN4O4. The molecule has 0 aliphatic heterocycles. The van der Waals surface area contributed by atoms with Crippen molar-refractivity contribution in [3.63, 3.8) is 0 Å². The Balaban J connectivity index is 0.00000108. The number of benzene rings is 1. The van der Waals surface area contributed by atoms with Gasteiger partial charge in [0.25, 0.3) is 5.97 Å². The van der Waals surface area contributed by atoms with Crippen LogP contribution in [-0.4, -0.2) is 43.1 Å². The van der Waals surface area contributed by atoms with E-state index in [9.17, 15) is 0 Å². The number of carbonyl (C=O) groups is 1. The van der Waals surface area contributed by atoms with Gasteiger partial charge in [-0.05, 0) is 30.7 Å². The van der Waals surface area contributed by atoms with Gasteiger partial charge in [0.15, 0.2) is 0 Å². The Labute approximate surface area is 139 Å². The molecule has 9 heteroatoms. The zero-order chi connectivity index (χ0) is 17.7. The van der Waals surface area contributed by atoms with Crippen LogP contribution in [-0.2, 0) is 9.53 Å². The minimum atomic E-state index is -0.833. The number of nitrogens with one attached hydrogen (secondary N) is 2. The molecule has 0 aliphatic rings. The van der Waals surface area contributed by atoms with Gasteiger partial charge in [0.2, 0.25) is 5.96 Å². The number of hydrogen-bond donors (Lipinski definition) is 4. The van der Waals surface area contributed by atoms with Gasteiger partial charge in [-0.1, -0.05) is 11.6 Å². The van der Waals surface area contributed by atoms with Gasteiger partial charge in [-0.25, -0.2) is 5.43 Å². The molecule has 0 amide bonds. The van der Waals surface area contributed by atoms with Crippen molar-refractivity contribution in [3.05, 3.63) is 28.8 Å². The Morgan fingerprint density at radius 2 is 2.17 bits per heavy atom. The highest BCUT2D eigenvalue weighted by atomic mass is 35.5. The molecule has 0 atom stereocenters. The van der Waals surface area contributed by atoms with E-state index in [0.29, 0.717) is 30.6 Å². The first-order valence-corrected chi connectivity index (χ1v) is 7.07. The number of hydrogen-bond acceptors (Lipinski definition) is 5. The summed E-state index contributed by atoms with van der Waals surface area (Å²) < 4.78 is 10.6. The summed E-state index contributed by atoms with van der Waals surface area (Å²) in [6.45, 7) is 4.65. The van der Waals surface area contributed by atoms with Crippen LogP contribution >= 0.6 is 11.6 Å². The molecule has 8 nitrogen and oxygen atoms in total. The van der Waals surface area contributed by atoms with E-state index >= 15 is 0 Å². The lowest BCUT2D eigenvalue weighted by molar-refractivity contribution is -0.134. The van der Waals surface area contributed by atoms with Crippen molar-refractivity contribution in [3.8, 4) is 5.75 Å². The second kappa shape index (κ2) is 12.2. The lowest BCUT2D eigenvalue weighted by atomic mass is 10.2. The smallest absolute Gasteiger partial charge is 0.300 e. The number of halogens is 1. The number of carboxylic acids is 1. The highest BCUT2D eigenvalue weighted by molar-refractivity contribution is 6.32. The summed E-state index contributed by atoms with van der Waals surface area (Å²) in [6.07, 6.45) is 1.51. The lowest BCUT2D eigenvalue weighted by Gasteiger charge is -2.08. The van der Waals surface area contributed by atoms with Crippen LogP contribution < -0.4 is 15.9 Å². The molecule has 0 bridgehead atoms. The SMILES string of the molecule is CC(=O)O.CCOCCOc1ccc(C=NNC(=N)N)cc1Cl. The van der Waals surface area contributed by atoms with Crippen LogP contribution in [0.15, 0.2) is 23.3 Å². The highest BCUT2D eigenvalue weighted by Crippen LogP contribution is 2.24. The summed E-state index contributed by atoms with van der Waals surface area (Å²) >= 11 is 6.07. The minimum Gasteiger partial charge on any atom is -0.490 e. The van der Waals surface area contributed by atoms with Gasteiger partial charge in [-0.2, -0.15) is 5.10 Å². The molecule has 128 valence electrons. The fraction of sp³-hybridized carbons (Fsp3) is 0.357. The first kappa shape index (κ1) is 20.7. The van der Waals surface area contributed by atoms with Gasteiger partial charge >= 0.3 is 0 Å². The molecule has 0 aromatic heterocycles. The Bertz CT molecular complexity index is 534. The topological polar surface area (TPSA) is 130 Å². The second-order valence-electron chi connectivity index (χ2n) is 4.04. The van der Waals surface area contributed by atoms with Crippen molar-refractivity contribution >= 4 is 29.7 Å². The molecule has 0 aliphatic carbocycles.